The molecule has 1 amide bonds. The summed E-state index contributed by atoms with van der Waals surface area (Å²) in [5.41, 5.74) is 2.87. The molecule has 150 valence electrons. The van der Waals surface area contributed by atoms with Gasteiger partial charge in [0.25, 0.3) is 5.91 Å². The number of amides is 1. The van der Waals surface area contributed by atoms with Gasteiger partial charge < -0.3 is 9.80 Å². The molecular weight excluding hydrogens is 431 g/mol. The van der Waals surface area contributed by atoms with Crippen LogP contribution in [0.5, 0.6) is 0 Å². The third-order valence-electron chi connectivity index (χ3n) is 4.93. The van der Waals surface area contributed by atoms with Crippen molar-refractivity contribution in [2.24, 2.45) is 0 Å². The monoisotopic (exact) mass is 448 g/mol. The van der Waals surface area contributed by atoms with Gasteiger partial charge in [0.1, 0.15) is 5.69 Å². The van der Waals surface area contributed by atoms with Crippen LogP contribution in [0.4, 0.5) is 5.69 Å². The maximum absolute atomic E-state index is 13.3. The van der Waals surface area contributed by atoms with E-state index >= 15 is 0 Å². The third kappa shape index (κ3) is 4.22. The average Bonchev–Trinajstić information content (AvgIpc) is 3.11. The third-order valence-corrected chi connectivity index (χ3v) is 5.72. The highest BCUT2D eigenvalue weighted by Gasteiger charge is 2.26. The Labute approximate surface area is 184 Å². The zero-order valence-corrected chi connectivity index (χ0v) is 18.0. The molecule has 2 aromatic carbocycles. The molecule has 0 spiro atoms. The van der Waals surface area contributed by atoms with E-state index in [-0.39, 0.29) is 5.91 Å². The van der Waals surface area contributed by atoms with Crippen LogP contribution in [0.15, 0.2) is 48.5 Å². The molecule has 3 aromatic rings. The normalized spacial score (nSPS) is 14.3. The Kier molecular flexibility index (Phi) is 5.72. The summed E-state index contributed by atoms with van der Waals surface area (Å²) in [6, 6.07) is 14.7. The SMILES string of the molecule is Cc1cc(C(=O)N2CCN(c3cccc(Cl)c3)CC2)n(-c2cc(Cl)ccc2Cl)n1. The van der Waals surface area contributed by atoms with Crippen LogP contribution in [0.3, 0.4) is 0 Å². The number of hydrogen-bond donors (Lipinski definition) is 0. The van der Waals surface area contributed by atoms with Crippen LogP contribution in [0.1, 0.15) is 16.2 Å². The first-order valence-corrected chi connectivity index (χ1v) is 10.4. The van der Waals surface area contributed by atoms with Gasteiger partial charge in [-0.25, -0.2) is 4.68 Å². The molecule has 4 rings (SSSR count). The Bertz CT molecular complexity index is 1060. The number of hydrogen-bond acceptors (Lipinski definition) is 3. The van der Waals surface area contributed by atoms with Crippen molar-refractivity contribution in [3.8, 4) is 5.69 Å². The van der Waals surface area contributed by atoms with Gasteiger partial charge in [-0.05, 0) is 49.4 Å². The van der Waals surface area contributed by atoms with E-state index in [1.807, 2.05) is 36.1 Å². The van der Waals surface area contributed by atoms with E-state index < -0.39 is 0 Å². The summed E-state index contributed by atoms with van der Waals surface area (Å²) in [4.78, 5) is 17.3. The molecule has 1 aromatic heterocycles. The highest BCUT2D eigenvalue weighted by Crippen LogP contribution is 2.27. The Morgan fingerprint density at radius 2 is 1.66 bits per heavy atom. The zero-order chi connectivity index (χ0) is 20.5. The molecule has 29 heavy (non-hydrogen) atoms. The second kappa shape index (κ2) is 8.27. The largest absolute Gasteiger partial charge is 0.368 e. The number of benzene rings is 2. The van der Waals surface area contributed by atoms with Gasteiger partial charge in [0.15, 0.2) is 0 Å². The first kappa shape index (κ1) is 20.1. The molecule has 8 heteroatoms. The van der Waals surface area contributed by atoms with E-state index in [0.717, 1.165) is 24.5 Å². The lowest BCUT2D eigenvalue weighted by atomic mass is 10.2. The molecule has 1 aliphatic rings. The van der Waals surface area contributed by atoms with Crippen molar-refractivity contribution in [1.82, 2.24) is 14.7 Å². The van der Waals surface area contributed by atoms with Gasteiger partial charge in [-0.1, -0.05) is 40.9 Å². The van der Waals surface area contributed by atoms with E-state index in [2.05, 4.69) is 10.00 Å². The van der Waals surface area contributed by atoms with Crippen LogP contribution in [0.25, 0.3) is 5.69 Å². The van der Waals surface area contributed by atoms with E-state index in [9.17, 15) is 4.79 Å². The summed E-state index contributed by atoms with van der Waals surface area (Å²) in [7, 11) is 0. The van der Waals surface area contributed by atoms with Crippen LogP contribution >= 0.6 is 34.8 Å². The first-order chi connectivity index (χ1) is 13.9. The maximum atomic E-state index is 13.3. The number of rotatable bonds is 3. The number of halogens is 3. The van der Waals surface area contributed by atoms with E-state index in [4.69, 9.17) is 34.8 Å². The minimum atomic E-state index is -0.0765. The van der Waals surface area contributed by atoms with Crippen LogP contribution in [-0.4, -0.2) is 46.8 Å². The quantitative estimate of drug-likeness (QED) is 0.558. The molecule has 5 nitrogen and oxygen atoms in total. The minimum Gasteiger partial charge on any atom is -0.368 e. The highest BCUT2D eigenvalue weighted by atomic mass is 35.5. The van der Waals surface area contributed by atoms with Gasteiger partial charge in [0.05, 0.1) is 16.4 Å². The van der Waals surface area contributed by atoms with Crippen molar-refractivity contribution in [3.63, 3.8) is 0 Å². The van der Waals surface area contributed by atoms with Crippen molar-refractivity contribution in [1.29, 1.82) is 0 Å². The first-order valence-electron chi connectivity index (χ1n) is 9.24. The van der Waals surface area contributed by atoms with E-state index in [1.54, 1.807) is 28.9 Å². The van der Waals surface area contributed by atoms with Crippen LogP contribution in [0, 0.1) is 6.92 Å². The highest BCUT2D eigenvalue weighted by molar-refractivity contribution is 6.34. The van der Waals surface area contributed by atoms with Crippen molar-refractivity contribution in [3.05, 3.63) is 75.0 Å². The summed E-state index contributed by atoms with van der Waals surface area (Å²) in [5, 5.41) is 6.20. The van der Waals surface area contributed by atoms with Crippen molar-refractivity contribution >= 4 is 46.4 Å². The second-order valence-electron chi connectivity index (χ2n) is 6.94. The Morgan fingerprint density at radius 1 is 0.931 bits per heavy atom. The standard InChI is InChI=1S/C21H19Cl3N4O/c1-14-11-20(28(25-14)19-13-16(23)5-6-18(19)24)21(29)27-9-7-26(8-10-27)17-4-2-3-15(22)12-17/h2-6,11-13H,7-10H2,1H3. The van der Waals surface area contributed by atoms with Crippen molar-refractivity contribution in [2.45, 2.75) is 6.92 Å². The topological polar surface area (TPSA) is 41.4 Å². The Hall–Kier alpha value is -2.21. The molecule has 1 aliphatic heterocycles. The molecule has 0 N–H and O–H groups in total. The molecule has 1 saturated heterocycles. The van der Waals surface area contributed by atoms with Gasteiger partial charge in [-0.2, -0.15) is 5.10 Å². The molecule has 0 atom stereocenters. The fourth-order valence-corrected chi connectivity index (χ4v) is 4.03. The number of anilines is 1. The summed E-state index contributed by atoms with van der Waals surface area (Å²) >= 11 is 18.6. The molecule has 0 aliphatic carbocycles. The Morgan fingerprint density at radius 3 is 2.38 bits per heavy atom. The summed E-state index contributed by atoms with van der Waals surface area (Å²) in [6.45, 7) is 4.54. The van der Waals surface area contributed by atoms with Crippen LogP contribution < -0.4 is 4.90 Å². The molecule has 2 heterocycles. The number of carbonyl (C=O) groups is 1. The number of nitrogens with zero attached hydrogens (tertiary/aromatic N) is 4. The lowest BCUT2D eigenvalue weighted by Crippen LogP contribution is -2.49. The predicted molar refractivity (Wildman–Crippen MR) is 118 cm³/mol. The number of aromatic nitrogens is 2. The molecule has 0 unspecified atom stereocenters. The van der Waals surface area contributed by atoms with Gasteiger partial charge >= 0.3 is 0 Å². The predicted octanol–water partition coefficient (Wildman–Crippen LogP) is 5.10. The lowest BCUT2D eigenvalue weighted by molar-refractivity contribution is 0.0737. The summed E-state index contributed by atoms with van der Waals surface area (Å²) in [6.07, 6.45) is 0. The van der Waals surface area contributed by atoms with Crippen LogP contribution in [-0.2, 0) is 0 Å². The van der Waals surface area contributed by atoms with Crippen LogP contribution in [0.2, 0.25) is 15.1 Å². The zero-order valence-electron chi connectivity index (χ0n) is 15.8. The maximum Gasteiger partial charge on any atom is 0.272 e. The summed E-state index contributed by atoms with van der Waals surface area (Å²) in [5.74, 6) is -0.0765. The number of aryl methyl sites for hydroxylation is 1. The molecule has 0 radical (unpaired) electrons. The number of carbonyl (C=O) groups excluding carboxylic acids is 1. The smallest absolute Gasteiger partial charge is 0.272 e. The van der Waals surface area contributed by atoms with Gasteiger partial charge in [-0.15, -0.1) is 0 Å². The molecule has 0 saturated carbocycles. The number of piperazine rings is 1. The lowest BCUT2D eigenvalue weighted by Gasteiger charge is -2.36. The molecule has 1 fully saturated rings. The Balaban J connectivity index is 1.55. The van der Waals surface area contributed by atoms with E-state index in [0.29, 0.717) is 39.5 Å². The van der Waals surface area contributed by atoms with Crippen molar-refractivity contribution in [2.75, 3.05) is 31.1 Å². The van der Waals surface area contributed by atoms with Crippen molar-refractivity contribution < 1.29 is 4.79 Å². The summed E-state index contributed by atoms with van der Waals surface area (Å²) < 4.78 is 1.58. The van der Waals surface area contributed by atoms with E-state index in [1.165, 1.54) is 0 Å². The second-order valence-corrected chi connectivity index (χ2v) is 8.22. The van der Waals surface area contributed by atoms with Gasteiger partial charge in [-0.3, -0.25) is 4.79 Å². The molecule has 0 bridgehead atoms. The molecular formula is C21H19Cl3N4O. The van der Waals surface area contributed by atoms with Gasteiger partial charge in [0.2, 0.25) is 0 Å². The fraction of sp³-hybridized carbons (Fsp3) is 0.238. The minimum absolute atomic E-state index is 0.0765. The average molecular weight is 450 g/mol. The van der Waals surface area contributed by atoms with Gasteiger partial charge in [0, 0.05) is 41.9 Å². The fourth-order valence-electron chi connectivity index (χ4n) is 3.49.